The lowest BCUT2D eigenvalue weighted by Crippen LogP contribution is -1.96. The minimum Gasteiger partial charge on any atom is -0.398 e. The Labute approximate surface area is 134 Å². The van der Waals surface area contributed by atoms with Crippen molar-refractivity contribution >= 4 is 27.8 Å². The summed E-state index contributed by atoms with van der Waals surface area (Å²) in [5.41, 5.74) is 11.2. The maximum Gasteiger partial charge on any atom is 0.187 e. The SMILES string of the molecule is CCc1ccc(Nc2nc(-c3ccccc3)c(C)s2)cc1N. The first-order chi connectivity index (χ1) is 10.7. The van der Waals surface area contributed by atoms with E-state index < -0.39 is 0 Å². The zero-order valence-electron chi connectivity index (χ0n) is 12.8. The Morgan fingerprint density at radius 2 is 1.91 bits per heavy atom. The average molecular weight is 309 g/mol. The number of thiazole rings is 1. The number of aromatic nitrogens is 1. The van der Waals surface area contributed by atoms with Crippen LogP contribution in [0.2, 0.25) is 0 Å². The molecule has 0 aliphatic heterocycles. The van der Waals surface area contributed by atoms with Gasteiger partial charge in [0.15, 0.2) is 5.13 Å². The van der Waals surface area contributed by atoms with Crippen LogP contribution in [-0.2, 0) is 6.42 Å². The molecule has 2 aromatic carbocycles. The Bertz CT molecular complexity index is 778. The van der Waals surface area contributed by atoms with Gasteiger partial charge >= 0.3 is 0 Å². The van der Waals surface area contributed by atoms with Gasteiger partial charge in [-0.15, -0.1) is 11.3 Å². The number of nitrogens with zero attached hydrogens (tertiary/aromatic N) is 1. The molecule has 0 radical (unpaired) electrons. The molecule has 0 saturated carbocycles. The molecule has 3 nitrogen and oxygen atoms in total. The van der Waals surface area contributed by atoms with Crippen molar-refractivity contribution in [2.45, 2.75) is 20.3 Å². The molecule has 0 spiro atoms. The van der Waals surface area contributed by atoms with Crippen molar-refractivity contribution in [1.29, 1.82) is 0 Å². The maximum absolute atomic E-state index is 6.05. The first-order valence-corrected chi connectivity index (χ1v) is 8.17. The second kappa shape index (κ2) is 6.20. The molecule has 1 aromatic heterocycles. The lowest BCUT2D eigenvalue weighted by atomic mass is 10.1. The Balaban J connectivity index is 1.86. The lowest BCUT2D eigenvalue weighted by Gasteiger charge is -2.07. The Kier molecular flexibility index (Phi) is 4.11. The summed E-state index contributed by atoms with van der Waals surface area (Å²) in [7, 11) is 0. The van der Waals surface area contributed by atoms with Gasteiger partial charge in [-0.1, -0.05) is 43.3 Å². The summed E-state index contributed by atoms with van der Waals surface area (Å²) in [6.45, 7) is 4.20. The van der Waals surface area contributed by atoms with Gasteiger partial charge in [0.2, 0.25) is 0 Å². The molecule has 0 unspecified atom stereocenters. The normalized spacial score (nSPS) is 10.6. The summed E-state index contributed by atoms with van der Waals surface area (Å²) in [5, 5.41) is 4.24. The third-order valence-corrected chi connectivity index (χ3v) is 4.51. The molecule has 1 heterocycles. The molecule has 0 fully saturated rings. The Morgan fingerprint density at radius 1 is 1.14 bits per heavy atom. The van der Waals surface area contributed by atoms with E-state index in [4.69, 9.17) is 10.7 Å². The van der Waals surface area contributed by atoms with Gasteiger partial charge in [0, 0.05) is 21.8 Å². The summed E-state index contributed by atoms with van der Waals surface area (Å²) in [6, 6.07) is 16.3. The minimum atomic E-state index is 0.823. The van der Waals surface area contributed by atoms with E-state index in [1.54, 1.807) is 11.3 Å². The molecule has 0 saturated heterocycles. The Morgan fingerprint density at radius 3 is 2.59 bits per heavy atom. The van der Waals surface area contributed by atoms with Crippen molar-refractivity contribution < 1.29 is 0 Å². The number of nitrogens with one attached hydrogen (secondary N) is 1. The smallest absolute Gasteiger partial charge is 0.187 e. The number of nitrogens with two attached hydrogens (primary N) is 1. The zero-order chi connectivity index (χ0) is 15.5. The number of anilines is 3. The second-order valence-corrected chi connectivity index (χ2v) is 6.39. The zero-order valence-corrected chi connectivity index (χ0v) is 13.6. The number of hydrogen-bond donors (Lipinski definition) is 2. The summed E-state index contributed by atoms with van der Waals surface area (Å²) in [5.74, 6) is 0. The van der Waals surface area contributed by atoms with E-state index in [9.17, 15) is 0 Å². The molecule has 0 aliphatic carbocycles. The molecule has 3 rings (SSSR count). The van der Waals surface area contributed by atoms with Crippen molar-refractivity contribution in [3.8, 4) is 11.3 Å². The molecule has 22 heavy (non-hydrogen) atoms. The first kappa shape index (κ1) is 14.6. The van der Waals surface area contributed by atoms with Gasteiger partial charge in [-0.05, 0) is 31.0 Å². The molecular formula is C18H19N3S. The molecule has 0 atom stereocenters. The molecule has 0 bridgehead atoms. The summed E-state index contributed by atoms with van der Waals surface area (Å²) < 4.78 is 0. The van der Waals surface area contributed by atoms with Gasteiger partial charge in [-0.2, -0.15) is 0 Å². The summed E-state index contributed by atoms with van der Waals surface area (Å²) in [4.78, 5) is 5.91. The van der Waals surface area contributed by atoms with Gasteiger partial charge in [0.05, 0.1) is 5.69 Å². The van der Waals surface area contributed by atoms with E-state index in [-0.39, 0.29) is 0 Å². The van der Waals surface area contributed by atoms with Crippen LogP contribution in [0.4, 0.5) is 16.5 Å². The van der Waals surface area contributed by atoms with Crippen molar-refractivity contribution in [2.24, 2.45) is 0 Å². The van der Waals surface area contributed by atoms with Gasteiger partial charge in [0.1, 0.15) is 0 Å². The predicted molar refractivity (Wildman–Crippen MR) is 95.8 cm³/mol. The fraction of sp³-hybridized carbons (Fsp3) is 0.167. The largest absolute Gasteiger partial charge is 0.398 e. The molecule has 0 aliphatic rings. The summed E-state index contributed by atoms with van der Waals surface area (Å²) in [6.07, 6.45) is 0.945. The van der Waals surface area contributed by atoms with Gasteiger partial charge < -0.3 is 11.1 Å². The monoisotopic (exact) mass is 309 g/mol. The standard InChI is InChI=1S/C18H19N3S/c1-3-13-9-10-15(11-16(13)19)20-18-21-17(12(2)22-18)14-7-5-4-6-8-14/h4-11H,3,19H2,1-2H3,(H,20,21). The van der Waals surface area contributed by atoms with Crippen molar-refractivity contribution in [3.05, 3.63) is 59.0 Å². The molecular weight excluding hydrogens is 290 g/mol. The van der Waals surface area contributed by atoms with Crippen LogP contribution in [-0.4, -0.2) is 4.98 Å². The first-order valence-electron chi connectivity index (χ1n) is 7.35. The third kappa shape index (κ3) is 2.97. The summed E-state index contributed by atoms with van der Waals surface area (Å²) >= 11 is 1.66. The number of nitrogen functional groups attached to an aromatic ring is 1. The van der Waals surface area contributed by atoms with Crippen LogP contribution in [0.25, 0.3) is 11.3 Å². The fourth-order valence-electron chi connectivity index (χ4n) is 2.43. The molecule has 3 N–H and O–H groups in total. The highest BCUT2D eigenvalue weighted by Gasteiger charge is 2.10. The van der Waals surface area contributed by atoms with Crippen LogP contribution < -0.4 is 11.1 Å². The topological polar surface area (TPSA) is 50.9 Å². The van der Waals surface area contributed by atoms with Gasteiger partial charge in [-0.25, -0.2) is 4.98 Å². The number of aryl methyl sites for hydroxylation is 2. The molecule has 3 aromatic rings. The van der Waals surface area contributed by atoms with Crippen LogP contribution in [0.15, 0.2) is 48.5 Å². The van der Waals surface area contributed by atoms with Crippen molar-refractivity contribution in [3.63, 3.8) is 0 Å². The van der Waals surface area contributed by atoms with E-state index in [1.165, 1.54) is 10.4 Å². The minimum absolute atomic E-state index is 0.823. The van der Waals surface area contributed by atoms with E-state index in [1.807, 2.05) is 30.3 Å². The van der Waals surface area contributed by atoms with E-state index in [0.29, 0.717) is 0 Å². The third-order valence-electron chi connectivity index (χ3n) is 3.62. The van der Waals surface area contributed by atoms with Crippen LogP contribution in [0.1, 0.15) is 17.4 Å². The second-order valence-electron chi connectivity index (χ2n) is 5.18. The van der Waals surface area contributed by atoms with E-state index >= 15 is 0 Å². The van der Waals surface area contributed by atoms with Crippen molar-refractivity contribution in [1.82, 2.24) is 4.98 Å². The highest BCUT2D eigenvalue weighted by molar-refractivity contribution is 7.16. The van der Waals surface area contributed by atoms with Crippen LogP contribution >= 0.6 is 11.3 Å². The van der Waals surface area contributed by atoms with Crippen LogP contribution in [0.5, 0.6) is 0 Å². The predicted octanol–water partition coefficient (Wildman–Crippen LogP) is 5.01. The molecule has 0 amide bonds. The highest BCUT2D eigenvalue weighted by atomic mass is 32.1. The number of hydrogen-bond acceptors (Lipinski definition) is 4. The Hall–Kier alpha value is -2.33. The van der Waals surface area contributed by atoms with Crippen LogP contribution in [0.3, 0.4) is 0 Å². The van der Waals surface area contributed by atoms with Gasteiger partial charge in [0.25, 0.3) is 0 Å². The van der Waals surface area contributed by atoms with Crippen molar-refractivity contribution in [2.75, 3.05) is 11.1 Å². The molecule has 4 heteroatoms. The maximum atomic E-state index is 6.05. The number of rotatable bonds is 4. The molecule has 112 valence electrons. The highest BCUT2D eigenvalue weighted by Crippen LogP contribution is 2.32. The lowest BCUT2D eigenvalue weighted by molar-refractivity contribution is 1.14. The quantitative estimate of drug-likeness (QED) is 0.666. The van der Waals surface area contributed by atoms with E-state index in [2.05, 4.69) is 37.4 Å². The van der Waals surface area contributed by atoms with Gasteiger partial charge in [-0.3, -0.25) is 0 Å². The fourth-order valence-corrected chi connectivity index (χ4v) is 3.29. The number of benzene rings is 2. The average Bonchev–Trinajstić information content (AvgIpc) is 2.89. The van der Waals surface area contributed by atoms with E-state index in [0.717, 1.165) is 34.2 Å². The van der Waals surface area contributed by atoms with Crippen LogP contribution in [0, 0.1) is 6.92 Å².